The normalized spacial score (nSPS) is 17.1. The molecule has 1 N–H and O–H groups in total. The molecule has 4 rings (SSSR count). The van der Waals surface area contributed by atoms with E-state index in [0.717, 1.165) is 43.2 Å². The predicted octanol–water partition coefficient (Wildman–Crippen LogP) is 3.82. The summed E-state index contributed by atoms with van der Waals surface area (Å²) >= 11 is 0. The average molecular weight is 389 g/mol. The second-order valence-corrected chi connectivity index (χ2v) is 7.23. The zero-order valence-corrected chi connectivity index (χ0v) is 16.8. The maximum Gasteiger partial charge on any atom is 0.123 e. The highest BCUT2D eigenvalue weighted by atomic mass is 16.5. The van der Waals surface area contributed by atoms with Crippen LogP contribution in [0.1, 0.15) is 22.7 Å². The van der Waals surface area contributed by atoms with Gasteiger partial charge in [0.15, 0.2) is 0 Å². The Kier molecular flexibility index (Phi) is 6.39. The van der Waals surface area contributed by atoms with Gasteiger partial charge in [0.2, 0.25) is 0 Å². The predicted molar refractivity (Wildman–Crippen MR) is 114 cm³/mol. The summed E-state index contributed by atoms with van der Waals surface area (Å²) in [4.78, 5) is 6.63. The Hall–Kier alpha value is -2.89. The average Bonchev–Trinajstić information content (AvgIpc) is 2.80. The zero-order valence-electron chi connectivity index (χ0n) is 16.8. The van der Waals surface area contributed by atoms with Gasteiger partial charge in [-0.25, -0.2) is 0 Å². The molecule has 0 spiro atoms. The van der Waals surface area contributed by atoms with E-state index >= 15 is 0 Å². The lowest BCUT2D eigenvalue weighted by atomic mass is 10.0. The van der Waals surface area contributed by atoms with Crippen molar-refractivity contribution in [2.45, 2.75) is 19.2 Å². The van der Waals surface area contributed by atoms with Crippen molar-refractivity contribution in [1.29, 1.82) is 0 Å². The minimum Gasteiger partial charge on any atom is -0.496 e. The number of benzene rings is 2. The number of para-hydroxylation sites is 1. The van der Waals surface area contributed by atoms with Crippen molar-refractivity contribution < 1.29 is 9.47 Å². The molecule has 3 aromatic rings. The third-order valence-corrected chi connectivity index (χ3v) is 5.29. The second kappa shape index (κ2) is 9.54. The molecule has 0 saturated carbocycles. The summed E-state index contributed by atoms with van der Waals surface area (Å²) in [6.07, 6.45) is 3.60. The van der Waals surface area contributed by atoms with Crippen LogP contribution in [-0.2, 0) is 13.2 Å². The summed E-state index contributed by atoms with van der Waals surface area (Å²) in [5.74, 6) is 1.82. The van der Waals surface area contributed by atoms with E-state index in [9.17, 15) is 0 Å². The lowest BCUT2D eigenvalue weighted by Crippen LogP contribution is -2.45. The van der Waals surface area contributed by atoms with Gasteiger partial charge in [0.25, 0.3) is 0 Å². The van der Waals surface area contributed by atoms with Crippen molar-refractivity contribution >= 4 is 0 Å². The Labute approximate surface area is 172 Å². The largest absolute Gasteiger partial charge is 0.496 e. The van der Waals surface area contributed by atoms with Gasteiger partial charge in [-0.3, -0.25) is 9.88 Å². The maximum absolute atomic E-state index is 5.88. The van der Waals surface area contributed by atoms with E-state index in [-0.39, 0.29) is 0 Å². The molecule has 0 aliphatic carbocycles. The Bertz CT molecular complexity index is 900. The van der Waals surface area contributed by atoms with Crippen LogP contribution >= 0.6 is 0 Å². The molecular formula is C24H27N3O2. The number of aromatic nitrogens is 1. The van der Waals surface area contributed by atoms with Crippen molar-refractivity contribution in [3.8, 4) is 11.5 Å². The number of piperazine rings is 1. The molecule has 5 nitrogen and oxygen atoms in total. The summed E-state index contributed by atoms with van der Waals surface area (Å²) in [5.41, 5.74) is 3.58. The van der Waals surface area contributed by atoms with Gasteiger partial charge < -0.3 is 14.8 Å². The number of pyridine rings is 1. The van der Waals surface area contributed by atoms with Gasteiger partial charge in [0.05, 0.1) is 13.2 Å². The molecular weight excluding hydrogens is 362 g/mol. The Morgan fingerprint density at radius 3 is 2.69 bits per heavy atom. The van der Waals surface area contributed by atoms with Gasteiger partial charge in [-0.2, -0.15) is 0 Å². The first kappa shape index (κ1) is 19.4. The van der Waals surface area contributed by atoms with Crippen LogP contribution in [0.3, 0.4) is 0 Å². The molecule has 1 aromatic heterocycles. The standard InChI is InChI=1S/C24H27N3O2/c1-28-24-7-3-2-6-22(24)23-16-26-13-14-27(23)17-19-8-10-21(11-9-19)29-18-20-5-4-12-25-15-20/h2-12,15,23,26H,13-14,16-18H2,1H3. The van der Waals surface area contributed by atoms with E-state index < -0.39 is 0 Å². The first-order valence-corrected chi connectivity index (χ1v) is 10.0. The van der Waals surface area contributed by atoms with Crippen molar-refractivity contribution in [2.75, 3.05) is 26.7 Å². The minimum atomic E-state index is 0.293. The van der Waals surface area contributed by atoms with Crippen LogP contribution < -0.4 is 14.8 Å². The van der Waals surface area contributed by atoms with Crippen LogP contribution in [0.4, 0.5) is 0 Å². The molecule has 1 aliphatic rings. The Balaban J connectivity index is 1.42. The van der Waals surface area contributed by atoms with Gasteiger partial charge in [0.1, 0.15) is 18.1 Å². The summed E-state index contributed by atoms with van der Waals surface area (Å²) in [5, 5.41) is 3.52. The lowest BCUT2D eigenvalue weighted by molar-refractivity contribution is 0.151. The molecule has 1 aliphatic heterocycles. The molecule has 150 valence electrons. The van der Waals surface area contributed by atoms with Gasteiger partial charge >= 0.3 is 0 Å². The van der Waals surface area contributed by atoms with Crippen molar-refractivity contribution in [1.82, 2.24) is 15.2 Å². The highest BCUT2D eigenvalue weighted by molar-refractivity contribution is 5.37. The third kappa shape index (κ3) is 4.94. The molecule has 0 amide bonds. The van der Waals surface area contributed by atoms with E-state index in [0.29, 0.717) is 12.6 Å². The molecule has 5 heteroatoms. The van der Waals surface area contributed by atoms with Crippen molar-refractivity contribution in [3.05, 3.63) is 89.7 Å². The zero-order chi connectivity index (χ0) is 19.9. The fourth-order valence-electron chi connectivity index (χ4n) is 3.76. The van der Waals surface area contributed by atoms with E-state index in [4.69, 9.17) is 9.47 Å². The molecule has 1 atom stereocenters. The smallest absolute Gasteiger partial charge is 0.123 e. The van der Waals surface area contributed by atoms with Crippen molar-refractivity contribution in [3.63, 3.8) is 0 Å². The number of nitrogens with one attached hydrogen (secondary N) is 1. The highest BCUT2D eigenvalue weighted by Gasteiger charge is 2.26. The summed E-state index contributed by atoms with van der Waals surface area (Å²) in [6.45, 7) is 4.35. The molecule has 1 fully saturated rings. The fraction of sp³-hybridized carbons (Fsp3) is 0.292. The summed E-state index contributed by atoms with van der Waals surface area (Å²) in [6, 6.07) is 20.9. The molecule has 2 heterocycles. The van der Waals surface area contributed by atoms with Gasteiger partial charge in [0, 0.05) is 49.7 Å². The SMILES string of the molecule is COc1ccccc1C1CNCCN1Cc1ccc(OCc2cccnc2)cc1. The van der Waals surface area contributed by atoms with E-state index in [1.54, 1.807) is 13.3 Å². The van der Waals surface area contributed by atoms with Gasteiger partial charge in [-0.05, 0) is 29.8 Å². The van der Waals surface area contributed by atoms with E-state index in [1.165, 1.54) is 11.1 Å². The second-order valence-electron chi connectivity index (χ2n) is 7.23. The van der Waals surface area contributed by atoms with Crippen LogP contribution in [0, 0.1) is 0 Å². The molecule has 0 bridgehead atoms. The molecule has 2 aromatic carbocycles. The number of hydrogen-bond donors (Lipinski definition) is 1. The molecule has 1 unspecified atom stereocenters. The maximum atomic E-state index is 5.88. The first-order chi connectivity index (χ1) is 14.3. The molecule has 1 saturated heterocycles. The number of methoxy groups -OCH3 is 1. The third-order valence-electron chi connectivity index (χ3n) is 5.29. The van der Waals surface area contributed by atoms with E-state index in [1.807, 2.05) is 42.6 Å². The topological polar surface area (TPSA) is 46.6 Å². The van der Waals surface area contributed by atoms with Crippen LogP contribution in [0.5, 0.6) is 11.5 Å². The highest BCUT2D eigenvalue weighted by Crippen LogP contribution is 2.31. The monoisotopic (exact) mass is 389 g/mol. The Morgan fingerprint density at radius 2 is 1.90 bits per heavy atom. The number of hydrogen-bond acceptors (Lipinski definition) is 5. The number of ether oxygens (including phenoxy) is 2. The number of rotatable bonds is 7. The van der Waals surface area contributed by atoms with Crippen LogP contribution in [-0.4, -0.2) is 36.6 Å². The Morgan fingerprint density at radius 1 is 1.03 bits per heavy atom. The quantitative estimate of drug-likeness (QED) is 0.666. The molecule has 0 radical (unpaired) electrons. The fourth-order valence-corrected chi connectivity index (χ4v) is 3.76. The lowest BCUT2D eigenvalue weighted by Gasteiger charge is -2.37. The number of nitrogens with zero attached hydrogens (tertiary/aromatic N) is 2. The van der Waals surface area contributed by atoms with Gasteiger partial charge in [-0.15, -0.1) is 0 Å². The summed E-state index contributed by atoms with van der Waals surface area (Å²) < 4.78 is 11.5. The van der Waals surface area contributed by atoms with Crippen LogP contribution in [0.15, 0.2) is 73.1 Å². The van der Waals surface area contributed by atoms with E-state index in [2.05, 4.69) is 39.5 Å². The molecule has 29 heavy (non-hydrogen) atoms. The first-order valence-electron chi connectivity index (χ1n) is 10.0. The summed E-state index contributed by atoms with van der Waals surface area (Å²) in [7, 11) is 1.74. The minimum absolute atomic E-state index is 0.293. The van der Waals surface area contributed by atoms with Gasteiger partial charge in [-0.1, -0.05) is 36.4 Å². The van der Waals surface area contributed by atoms with Crippen LogP contribution in [0.2, 0.25) is 0 Å². The van der Waals surface area contributed by atoms with Crippen molar-refractivity contribution in [2.24, 2.45) is 0 Å². The van der Waals surface area contributed by atoms with Crippen LogP contribution in [0.25, 0.3) is 0 Å².